The number of aliphatic hydroxyl groups is 1. The van der Waals surface area contributed by atoms with Crippen LogP contribution in [0.3, 0.4) is 0 Å². The molecule has 0 heterocycles. The fraction of sp³-hybridized carbons (Fsp3) is 0.240. The third kappa shape index (κ3) is 4.36. The molecule has 30 heavy (non-hydrogen) atoms. The summed E-state index contributed by atoms with van der Waals surface area (Å²) in [5.41, 5.74) is 5.45. The van der Waals surface area contributed by atoms with Crippen molar-refractivity contribution in [2.24, 2.45) is 5.92 Å². The largest absolute Gasteiger partial charge is 0.449 e. The Kier molecular flexibility index (Phi) is 6.10. The molecule has 2 N–H and O–H groups in total. The molecule has 154 valence electrons. The van der Waals surface area contributed by atoms with Gasteiger partial charge in [-0.25, -0.2) is 9.18 Å². The average Bonchev–Trinajstić information content (AvgIpc) is 3.09. The molecule has 1 aliphatic rings. The van der Waals surface area contributed by atoms with Crippen molar-refractivity contribution in [2.45, 2.75) is 12.3 Å². The molecule has 0 spiro atoms. The van der Waals surface area contributed by atoms with Crippen LogP contribution in [0.1, 0.15) is 22.6 Å². The van der Waals surface area contributed by atoms with E-state index in [0.717, 1.165) is 16.7 Å². The Morgan fingerprint density at radius 2 is 1.67 bits per heavy atom. The minimum atomic E-state index is -0.519. The van der Waals surface area contributed by atoms with Crippen molar-refractivity contribution in [2.75, 3.05) is 19.8 Å². The summed E-state index contributed by atoms with van der Waals surface area (Å²) in [4.78, 5) is 12.3. The van der Waals surface area contributed by atoms with Crippen LogP contribution in [0.5, 0.6) is 0 Å². The highest BCUT2D eigenvalue weighted by atomic mass is 19.1. The first-order valence-electron chi connectivity index (χ1n) is 10.1. The zero-order chi connectivity index (χ0) is 20.9. The van der Waals surface area contributed by atoms with Crippen LogP contribution in [0.15, 0.2) is 72.8 Å². The molecule has 0 saturated carbocycles. The molecular formula is C25H24FNO3. The zero-order valence-electron chi connectivity index (χ0n) is 16.6. The van der Waals surface area contributed by atoms with Crippen LogP contribution in [0.4, 0.5) is 9.18 Å². The summed E-state index contributed by atoms with van der Waals surface area (Å²) >= 11 is 0. The maximum absolute atomic E-state index is 13.3. The number of nitrogens with one attached hydrogen (secondary N) is 1. The second kappa shape index (κ2) is 9.09. The number of aliphatic hydroxyl groups excluding tert-OH is 1. The van der Waals surface area contributed by atoms with Crippen molar-refractivity contribution in [3.05, 3.63) is 95.3 Å². The van der Waals surface area contributed by atoms with Gasteiger partial charge in [-0.1, -0.05) is 60.7 Å². The molecule has 1 atom stereocenters. The van der Waals surface area contributed by atoms with E-state index in [0.29, 0.717) is 6.42 Å². The lowest BCUT2D eigenvalue weighted by Gasteiger charge is -2.17. The number of hydrogen-bond acceptors (Lipinski definition) is 3. The first-order chi connectivity index (χ1) is 14.7. The third-order valence-corrected chi connectivity index (χ3v) is 5.55. The van der Waals surface area contributed by atoms with Gasteiger partial charge in [-0.05, 0) is 46.4 Å². The summed E-state index contributed by atoms with van der Waals surface area (Å²) in [6.07, 6.45) is -0.0488. The molecular weight excluding hydrogens is 381 g/mol. The summed E-state index contributed by atoms with van der Waals surface area (Å²) < 4.78 is 18.9. The molecule has 3 aromatic carbocycles. The molecule has 0 aliphatic heterocycles. The van der Waals surface area contributed by atoms with E-state index in [-0.39, 0.29) is 37.4 Å². The van der Waals surface area contributed by atoms with Crippen molar-refractivity contribution >= 4 is 6.09 Å². The molecule has 1 unspecified atom stereocenters. The summed E-state index contributed by atoms with van der Waals surface area (Å²) in [6.45, 7) is 0.386. The lowest BCUT2D eigenvalue weighted by atomic mass is 9.98. The molecule has 4 rings (SSSR count). The van der Waals surface area contributed by atoms with Crippen LogP contribution in [0.2, 0.25) is 0 Å². The fourth-order valence-electron chi connectivity index (χ4n) is 4.08. The minimum absolute atomic E-state index is 0.00378. The van der Waals surface area contributed by atoms with E-state index in [1.54, 1.807) is 12.1 Å². The van der Waals surface area contributed by atoms with Gasteiger partial charge in [0.1, 0.15) is 12.4 Å². The molecule has 3 aromatic rings. The standard InChI is InChI=1S/C25H24FNO3/c26-19-7-5-6-17(13-19)12-18(15-28)14-27-25(29)30-16-24-22-10-3-1-8-20(22)21-9-2-4-11-23(21)24/h1-11,13,18,24,28H,12,14-16H2,(H,27,29). The molecule has 0 fully saturated rings. The van der Waals surface area contributed by atoms with Gasteiger partial charge in [0.25, 0.3) is 0 Å². The summed E-state index contributed by atoms with van der Waals surface area (Å²) in [5, 5.41) is 12.3. The smallest absolute Gasteiger partial charge is 0.407 e. The first kappa shape index (κ1) is 20.1. The Hall–Kier alpha value is -3.18. The second-order valence-electron chi connectivity index (χ2n) is 7.59. The zero-order valence-corrected chi connectivity index (χ0v) is 16.6. The summed E-state index contributed by atoms with van der Waals surface area (Å²) in [5.74, 6) is -0.523. The molecule has 5 heteroatoms. The van der Waals surface area contributed by atoms with E-state index in [1.807, 2.05) is 24.3 Å². The quantitative estimate of drug-likeness (QED) is 0.608. The van der Waals surface area contributed by atoms with Gasteiger partial charge < -0.3 is 15.2 Å². The Balaban J connectivity index is 1.34. The van der Waals surface area contributed by atoms with E-state index >= 15 is 0 Å². The predicted octanol–water partition coefficient (Wildman–Crippen LogP) is 4.52. The molecule has 1 amide bonds. The number of ether oxygens (including phenoxy) is 1. The van der Waals surface area contributed by atoms with Crippen LogP contribution in [0, 0.1) is 11.7 Å². The van der Waals surface area contributed by atoms with E-state index in [2.05, 4.69) is 29.6 Å². The van der Waals surface area contributed by atoms with Gasteiger partial charge in [-0.15, -0.1) is 0 Å². The van der Waals surface area contributed by atoms with Crippen molar-refractivity contribution in [1.29, 1.82) is 0 Å². The topological polar surface area (TPSA) is 58.6 Å². The van der Waals surface area contributed by atoms with Crippen LogP contribution < -0.4 is 5.32 Å². The maximum atomic E-state index is 13.3. The van der Waals surface area contributed by atoms with Crippen LogP contribution in [0.25, 0.3) is 11.1 Å². The third-order valence-electron chi connectivity index (χ3n) is 5.55. The highest BCUT2D eigenvalue weighted by Gasteiger charge is 2.29. The van der Waals surface area contributed by atoms with Gasteiger partial charge in [0.05, 0.1) is 0 Å². The van der Waals surface area contributed by atoms with Crippen molar-refractivity contribution in [3.63, 3.8) is 0 Å². The van der Waals surface area contributed by atoms with Crippen molar-refractivity contribution in [1.82, 2.24) is 5.32 Å². The molecule has 0 radical (unpaired) electrons. The Labute approximate surface area is 175 Å². The number of alkyl carbamates (subject to hydrolysis) is 1. The first-order valence-corrected chi connectivity index (χ1v) is 10.1. The van der Waals surface area contributed by atoms with Gasteiger partial charge in [0.15, 0.2) is 0 Å². The molecule has 0 bridgehead atoms. The normalized spacial score (nSPS) is 13.4. The number of carbonyl (C=O) groups excluding carboxylic acids is 1. The fourth-order valence-corrected chi connectivity index (χ4v) is 4.08. The number of fused-ring (bicyclic) bond motifs is 3. The van der Waals surface area contributed by atoms with Crippen LogP contribution in [-0.2, 0) is 11.2 Å². The number of benzene rings is 3. The van der Waals surface area contributed by atoms with E-state index in [4.69, 9.17) is 4.74 Å². The molecule has 4 nitrogen and oxygen atoms in total. The predicted molar refractivity (Wildman–Crippen MR) is 114 cm³/mol. The maximum Gasteiger partial charge on any atom is 0.407 e. The molecule has 0 saturated heterocycles. The average molecular weight is 405 g/mol. The van der Waals surface area contributed by atoms with E-state index in [1.165, 1.54) is 23.3 Å². The second-order valence-corrected chi connectivity index (χ2v) is 7.59. The van der Waals surface area contributed by atoms with Gasteiger partial charge in [0, 0.05) is 25.0 Å². The Bertz CT molecular complexity index is 991. The van der Waals surface area contributed by atoms with E-state index in [9.17, 15) is 14.3 Å². The van der Waals surface area contributed by atoms with Gasteiger partial charge >= 0.3 is 6.09 Å². The van der Waals surface area contributed by atoms with E-state index < -0.39 is 6.09 Å². The lowest BCUT2D eigenvalue weighted by molar-refractivity contribution is 0.138. The van der Waals surface area contributed by atoms with Gasteiger partial charge in [-0.3, -0.25) is 0 Å². The Morgan fingerprint density at radius 3 is 2.30 bits per heavy atom. The van der Waals surface area contributed by atoms with Crippen LogP contribution >= 0.6 is 0 Å². The number of carbonyl (C=O) groups is 1. The minimum Gasteiger partial charge on any atom is -0.449 e. The number of rotatable bonds is 7. The molecule has 0 aromatic heterocycles. The van der Waals surface area contributed by atoms with Gasteiger partial charge in [0.2, 0.25) is 0 Å². The van der Waals surface area contributed by atoms with Crippen LogP contribution in [-0.4, -0.2) is 31.0 Å². The summed E-state index contributed by atoms with van der Waals surface area (Å²) in [7, 11) is 0. The lowest BCUT2D eigenvalue weighted by Crippen LogP contribution is -2.33. The van der Waals surface area contributed by atoms with Crippen molar-refractivity contribution in [3.8, 4) is 11.1 Å². The number of halogens is 1. The Morgan fingerprint density at radius 1 is 1.00 bits per heavy atom. The molecule has 1 aliphatic carbocycles. The SMILES string of the molecule is O=C(NCC(CO)Cc1cccc(F)c1)OCC1c2ccccc2-c2ccccc21. The number of hydrogen-bond donors (Lipinski definition) is 2. The highest BCUT2D eigenvalue weighted by Crippen LogP contribution is 2.44. The van der Waals surface area contributed by atoms with Gasteiger partial charge in [-0.2, -0.15) is 0 Å². The highest BCUT2D eigenvalue weighted by molar-refractivity contribution is 5.79. The monoisotopic (exact) mass is 405 g/mol. The van der Waals surface area contributed by atoms with Crippen molar-refractivity contribution < 1.29 is 19.0 Å². The number of amides is 1. The summed E-state index contributed by atoms with van der Waals surface area (Å²) in [6, 6.07) is 22.6.